The van der Waals surface area contributed by atoms with Gasteiger partial charge < -0.3 is 9.84 Å². The van der Waals surface area contributed by atoms with E-state index in [4.69, 9.17) is 4.74 Å². The fourth-order valence-electron chi connectivity index (χ4n) is 5.35. The molecule has 1 aliphatic carbocycles. The summed E-state index contributed by atoms with van der Waals surface area (Å²) >= 11 is 0. The summed E-state index contributed by atoms with van der Waals surface area (Å²) in [5.74, 6) is 1.28. The standard InChI is InChI=1S/C32H44O3/c1-4-5-6-8-25-10-13-27(14-11-25)28-15-17-29(18-16-28)31-19-12-26(9-7-21-33)23-30(31)20-22-35-32(34)24(2)3/h12,15-19,23,25,27,33H,2,4-11,13-14,20-22H2,1,3H3. The van der Waals surface area contributed by atoms with Gasteiger partial charge in [-0.25, -0.2) is 4.79 Å². The highest BCUT2D eigenvalue weighted by Gasteiger charge is 2.22. The maximum Gasteiger partial charge on any atom is 0.333 e. The van der Waals surface area contributed by atoms with Crippen molar-refractivity contribution in [2.24, 2.45) is 5.92 Å². The third-order valence-corrected chi connectivity index (χ3v) is 7.50. The van der Waals surface area contributed by atoms with Crippen molar-refractivity contribution in [1.82, 2.24) is 0 Å². The third-order valence-electron chi connectivity index (χ3n) is 7.50. The summed E-state index contributed by atoms with van der Waals surface area (Å²) in [7, 11) is 0. The van der Waals surface area contributed by atoms with Crippen LogP contribution in [-0.4, -0.2) is 24.3 Å². The molecule has 3 rings (SSSR count). The summed E-state index contributed by atoms with van der Waals surface area (Å²) in [6.45, 7) is 8.14. The lowest BCUT2D eigenvalue weighted by atomic mass is 9.77. The van der Waals surface area contributed by atoms with Crippen LogP contribution in [0.25, 0.3) is 11.1 Å². The number of hydrogen-bond donors (Lipinski definition) is 1. The molecule has 0 aromatic heterocycles. The van der Waals surface area contributed by atoms with Crippen molar-refractivity contribution < 1.29 is 14.6 Å². The number of benzene rings is 2. The third kappa shape index (κ3) is 8.35. The summed E-state index contributed by atoms with van der Waals surface area (Å²) in [6, 6.07) is 15.7. The van der Waals surface area contributed by atoms with Gasteiger partial charge in [-0.15, -0.1) is 0 Å². The molecule has 3 heteroatoms. The summed E-state index contributed by atoms with van der Waals surface area (Å²) in [5, 5.41) is 9.21. The van der Waals surface area contributed by atoms with Crippen molar-refractivity contribution in [1.29, 1.82) is 0 Å². The average molecular weight is 477 g/mol. The molecule has 0 saturated heterocycles. The number of aryl methyl sites for hydroxylation is 1. The molecule has 2 aromatic rings. The smallest absolute Gasteiger partial charge is 0.333 e. The Balaban J connectivity index is 1.67. The first-order valence-corrected chi connectivity index (χ1v) is 13.7. The van der Waals surface area contributed by atoms with Gasteiger partial charge in [0, 0.05) is 18.6 Å². The molecule has 0 spiro atoms. The minimum Gasteiger partial charge on any atom is -0.462 e. The number of carbonyl (C=O) groups excluding carboxylic acids is 1. The molecular weight excluding hydrogens is 432 g/mol. The molecule has 190 valence electrons. The van der Waals surface area contributed by atoms with Crippen LogP contribution < -0.4 is 0 Å². The van der Waals surface area contributed by atoms with Crippen LogP contribution in [0.4, 0.5) is 0 Å². The Kier molecular flexibility index (Phi) is 11.1. The molecule has 0 aliphatic heterocycles. The van der Waals surface area contributed by atoms with E-state index in [1.54, 1.807) is 6.92 Å². The van der Waals surface area contributed by atoms with E-state index in [2.05, 4.69) is 56.0 Å². The van der Waals surface area contributed by atoms with E-state index in [1.165, 1.54) is 79.2 Å². The Morgan fingerprint density at radius 2 is 1.74 bits per heavy atom. The second kappa shape index (κ2) is 14.2. The van der Waals surface area contributed by atoms with E-state index in [1.807, 2.05) is 0 Å². The fourth-order valence-corrected chi connectivity index (χ4v) is 5.35. The van der Waals surface area contributed by atoms with Crippen LogP contribution in [0.5, 0.6) is 0 Å². The van der Waals surface area contributed by atoms with E-state index in [-0.39, 0.29) is 12.6 Å². The topological polar surface area (TPSA) is 46.5 Å². The molecule has 0 bridgehead atoms. The molecule has 0 unspecified atom stereocenters. The van der Waals surface area contributed by atoms with E-state index < -0.39 is 0 Å². The van der Waals surface area contributed by atoms with E-state index in [9.17, 15) is 9.90 Å². The van der Waals surface area contributed by atoms with Gasteiger partial charge in [0.25, 0.3) is 0 Å². The Morgan fingerprint density at radius 1 is 1.00 bits per heavy atom. The van der Waals surface area contributed by atoms with Crippen molar-refractivity contribution in [3.63, 3.8) is 0 Å². The van der Waals surface area contributed by atoms with Crippen LogP contribution in [-0.2, 0) is 22.4 Å². The molecular formula is C32H44O3. The normalized spacial score (nSPS) is 17.8. The van der Waals surface area contributed by atoms with Gasteiger partial charge >= 0.3 is 5.97 Å². The first-order chi connectivity index (χ1) is 17.0. The lowest BCUT2D eigenvalue weighted by Crippen LogP contribution is -2.13. The summed E-state index contributed by atoms with van der Waals surface area (Å²) in [4.78, 5) is 11.8. The molecule has 1 saturated carbocycles. The zero-order valence-corrected chi connectivity index (χ0v) is 21.9. The van der Waals surface area contributed by atoms with E-state index in [0.29, 0.717) is 24.5 Å². The van der Waals surface area contributed by atoms with E-state index in [0.717, 1.165) is 18.8 Å². The Labute approximate surface area is 212 Å². The summed E-state index contributed by atoms with van der Waals surface area (Å²) < 4.78 is 5.38. The first-order valence-electron chi connectivity index (χ1n) is 13.7. The van der Waals surface area contributed by atoms with Gasteiger partial charge in [0.2, 0.25) is 0 Å². The zero-order chi connectivity index (χ0) is 25.0. The van der Waals surface area contributed by atoms with Crippen LogP contribution in [0.3, 0.4) is 0 Å². The molecule has 0 amide bonds. The number of rotatable bonds is 13. The number of carbonyl (C=O) groups is 1. The van der Waals surface area contributed by atoms with Crippen LogP contribution >= 0.6 is 0 Å². The monoisotopic (exact) mass is 476 g/mol. The summed E-state index contributed by atoms with van der Waals surface area (Å²) in [5.41, 5.74) is 6.67. The van der Waals surface area contributed by atoms with Crippen LogP contribution in [0, 0.1) is 5.92 Å². The maximum absolute atomic E-state index is 11.8. The predicted octanol–water partition coefficient (Wildman–Crippen LogP) is 7.79. The lowest BCUT2D eigenvalue weighted by molar-refractivity contribution is -0.138. The van der Waals surface area contributed by atoms with Gasteiger partial charge in [-0.05, 0) is 85.1 Å². The minimum atomic E-state index is -0.340. The number of unbranched alkanes of at least 4 members (excludes halogenated alkanes) is 2. The second-order valence-electron chi connectivity index (χ2n) is 10.3. The second-order valence-corrected chi connectivity index (χ2v) is 10.3. The number of hydrogen-bond acceptors (Lipinski definition) is 3. The van der Waals surface area contributed by atoms with Crippen molar-refractivity contribution >= 4 is 5.97 Å². The highest BCUT2D eigenvalue weighted by Crippen LogP contribution is 2.38. The Hall–Kier alpha value is -2.39. The van der Waals surface area contributed by atoms with Crippen LogP contribution in [0.2, 0.25) is 0 Å². The van der Waals surface area contributed by atoms with Crippen LogP contribution in [0.15, 0.2) is 54.6 Å². The van der Waals surface area contributed by atoms with Crippen LogP contribution in [0.1, 0.15) is 94.2 Å². The average Bonchev–Trinajstić information content (AvgIpc) is 2.88. The quantitative estimate of drug-likeness (QED) is 0.182. The fraction of sp³-hybridized carbons (Fsp3) is 0.531. The maximum atomic E-state index is 11.8. The SMILES string of the molecule is C=C(C)C(=O)OCCc1cc(CCCO)ccc1-c1ccc(C2CCC(CCCCC)CC2)cc1. The highest BCUT2D eigenvalue weighted by molar-refractivity contribution is 5.86. The molecule has 0 atom stereocenters. The Bertz CT molecular complexity index is 936. The number of aliphatic hydroxyl groups excluding tert-OH is 1. The molecule has 0 heterocycles. The number of aliphatic hydroxyl groups is 1. The van der Waals surface area contributed by atoms with Gasteiger partial charge in [0.15, 0.2) is 0 Å². The molecule has 2 aromatic carbocycles. The van der Waals surface area contributed by atoms with Gasteiger partial charge in [0.05, 0.1) is 6.61 Å². The molecule has 1 fully saturated rings. The zero-order valence-electron chi connectivity index (χ0n) is 21.9. The Morgan fingerprint density at radius 3 is 2.40 bits per heavy atom. The van der Waals surface area contributed by atoms with Crippen molar-refractivity contribution in [2.75, 3.05) is 13.2 Å². The lowest BCUT2D eigenvalue weighted by Gasteiger charge is -2.29. The van der Waals surface area contributed by atoms with Gasteiger partial charge in [-0.2, -0.15) is 0 Å². The van der Waals surface area contributed by atoms with Crippen molar-refractivity contribution in [3.05, 3.63) is 71.3 Å². The first kappa shape index (κ1) is 27.2. The van der Waals surface area contributed by atoms with Gasteiger partial charge in [-0.3, -0.25) is 0 Å². The van der Waals surface area contributed by atoms with Gasteiger partial charge in [-0.1, -0.05) is 81.7 Å². The van der Waals surface area contributed by atoms with Gasteiger partial charge in [0.1, 0.15) is 0 Å². The minimum absolute atomic E-state index is 0.190. The highest BCUT2D eigenvalue weighted by atomic mass is 16.5. The molecule has 1 aliphatic rings. The van der Waals surface area contributed by atoms with Crippen molar-refractivity contribution in [2.45, 2.75) is 90.4 Å². The number of esters is 1. The summed E-state index contributed by atoms with van der Waals surface area (Å²) in [6.07, 6.45) is 13.1. The molecule has 1 N–H and O–H groups in total. The predicted molar refractivity (Wildman–Crippen MR) is 146 cm³/mol. The molecule has 0 radical (unpaired) electrons. The largest absolute Gasteiger partial charge is 0.462 e. The van der Waals surface area contributed by atoms with Crippen molar-refractivity contribution in [3.8, 4) is 11.1 Å². The number of ether oxygens (including phenoxy) is 1. The molecule has 35 heavy (non-hydrogen) atoms. The van der Waals surface area contributed by atoms with E-state index >= 15 is 0 Å². The molecule has 3 nitrogen and oxygen atoms in total.